The van der Waals surface area contributed by atoms with Gasteiger partial charge in [-0.05, 0) is 29.8 Å². The normalized spacial score (nSPS) is 10.6. The smallest absolute Gasteiger partial charge is 0.310 e. The van der Waals surface area contributed by atoms with Crippen molar-refractivity contribution in [3.8, 4) is 0 Å². The van der Waals surface area contributed by atoms with Crippen LogP contribution in [0, 0.1) is 0 Å². The monoisotopic (exact) mass is 300 g/mol. The van der Waals surface area contributed by atoms with E-state index in [1.54, 1.807) is 30.3 Å². The van der Waals surface area contributed by atoms with Crippen molar-refractivity contribution < 1.29 is 23.6 Å². The lowest BCUT2D eigenvalue weighted by atomic mass is 10.1. The average molecular weight is 300 g/mol. The van der Waals surface area contributed by atoms with Gasteiger partial charge in [-0.3, -0.25) is 14.8 Å². The third kappa shape index (κ3) is 2.70. The van der Waals surface area contributed by atoms with Gasteiger partial charge in [0.15, 0.2) is 11.5 Å². The lowest BCUT2D eigenvalue weighted by molar-refractivity contribution is 0.0678. The molecule has 0 atom stereocenters. The number of hydroxylamine groups is 1. The van der Waals surface area contributed by atoms with Gasteiger partial charge in [0.25, 0.3) is 5.91 Å². The Kier molecular flexibility index (Phi) is 3.63. The zero-order valence-electron chi connectivity index (χ0n) is 11.3. The molecule has 0 radical (unpaired) electrons. The summed E-state index contributed by atoms with van der Waals surface area (Å²) < 4.78 is 10.3. The number of benzene rings is 1. The van der Waals surface area contributed by atoms with Crippen LogP contribution >= 0.6 is 0 Å². The number of hydrogen-bond acceptors (Lipinski definition) is 5. The van der Waals surface area contributed by atoms with Crippen LogP contribution in [0.15, 0.2) is 51.5 Å². The topological polar surface area (TPSA) is 105 Å². The van der Waals surface area contributed by atoms with Gasteiger partial charge in [0.05, 0.1) is 6.26 Å². The summed E-state index contributed by atoms with van der Waals surface area (Å²) in [7, 11) is 0. The minimum atomic E-state index is -0.719. The molecule has 0 aliphatic heterocycles. The average Bonchev–Trinajstić information content (AvgIpc) is 3.20. The van der Waals surface area contributed by atoms with Gasteiger partial charge in [0.1, 0.15) is 5.58 Å². The Morgan fingerprint density at radius 3 is 2.68 bits per heavy atom. The minimum Gasteiger partial charge on any atom is -0.459 e. The molecule has 0 saturated carbocycles. The second-order valence-corrected chi connectivity index (χ2v) is 4.58. The maximum Gasteiger partial charge on any atom is 0.310 e. The standard InChI is InChI=1S/C15H12N2O5/c18-14(11-2-1-5-21-11)16-8-9-3-4-10-7-13(15(19)17-20)22-12(10)6-9/h1-7,20H,8H2,(H,16,18)(H,17,19). The lowest BCUT2D eigenvalue weighted by Gasteiger charge is -2.03. The first-order valence-corrected chi connectivity index (χ1v) is 6.46. The number of nitrogens with one attached hydrogen (secondary N) is 2. The van der Waals surface area contributed by atoms with Crippen molar-refractivity contribution in [1.82, 2.24) is 10.8 Å². The van der Waals surface area contributed by atoms with Gasteiger partial charge in [-0.2, -0.15) is 0 Å². The summed E-state index contributed by atoms with van der Waals surface area (Å²) in [6, 6.07) is 10.0. The van der Waals surface area contributed by atoms with Crippen molar-refractivity contribution in [3.05, 3.63) is 59.7 Å². The highest BCUT2D eigenvalue weighted by Gasteiger charge is 2.12. The van der Waals surface area contributed by atoms with Crippen molar-refractivity contribution in [1.29, 1.82) is 0 Å². The van der Waals surface area contributed by atoms with E-state index >= 15 is 0 Å². The molecule has 2 heterocycles. The van der Waals surface area contributed by atoms with Crippen molar-refractivity contribution in [3.63, 3.8) is 0 Å². The fourth-order valence-electron chi connectivity index (χ4n) is 2.03. The Hall–Kier alpha value is -3.06. The molecule has 112 valence electrons. The molecule has 0 bridgehead atoms. The number of carbonyl (C=O) groups excluding carboxylic acids is 2. The molecule has 0 aliphatic rings. The van der Waals surface area contributed by atoms with Gasteiger partial charge in [0.2, 0.25) is 0 Å². The molecule has 7 heteroatoms. The highest BCUT2D eigenvalue weighted by atomic mass is 16.5. The molecule has 0 fully saturated rings. The first kappa shape index (κ1) is 13.9. The molecule has 2 aromatic heterocycles. The Morgan fingerprint density at radius 2 is 1.95 bits per heavy atom. The molecule has 3 aromatic rings. The molecule has 3 rings (SSSR count). The predicted octanol–water partition coefficient (Wildman–Crippen LogP) is 2.07. The number of furan rings is 2. The molecular formula is C15H12N2O5. The van der Waals surface area contributed by atoms with Crippen LogP contribution in [0.5, 0.6) is 0 Å². The third-order valence-electron chi connectivity index (χ3n) is 3.11. The number of fused-ring (bicyclic) bond motifs is 1. The van der Waals surface area contributed by atoms with E-state index in [0.29, 0.717) is 5.58 Å². The second-order valence-electron chi connectivity index (χ2n) is 4.58. The SMILES string of the molecule is O=C(NCc1ccc2cc(C(=O)NO)oc2c1)c1ccco1. The zero-order valence-corrected chi connectivity index (χ0v) is 11.3. The van der Waals surface area contributed by atoms with E-state index in [1.165, 1.54) is 17.8 Å². The molecule has 22 heavy (non-hydrogen) atoms. The summed E-state index contributed by atoms with van der Waals surface area (Å²) >= 11 is 0. The molecule has 0 aliphatic carbocycles. The van der Waals surface area contributed by atoms with Crippen LogP contribution in [0.1, 0.15) is 26.7 Å². The van der Waals surface area contributed by atoms with E-state index < -0.39 is 5.91 Å². The van der Waals surface area contributed by atoms with Gasteiger partial charge in [0, 0.05) is 11.9 Å². The molecular weight excluding hydrogens is 288 g/mol. The Morgan fingerprint density at radius 1 is 1.09 bits per heavy atom. The number of carbonyl (C=O) groups is 2. The van der Waals surface area contributed by atoms with E-state index in [2.05, 4.69) is 5.32 Å². The van der Waals surface area contributed by atoms with E-state index in [1.807, 2.05) is 0 Å². The van der Waals surface area contributed by atoms with E-state index in [0.717, 1.165) is 10.9 Å². The van der Waals surface area contributed by atoms with Gasteiger partial charge >= 0.3 is 5.91 Å². The summed E-state index contributed by atoms with van der Waals surface area (Å²) in [5, 5.41) is 12.0. The summed E-state index contributed by atoms with van der Waals surface area (Å²) in [4.78, 5) is 23.1. The van der Waals surface area contributed by atoms with Gasteiger partial charge in [-0.15, -0.1) is 0 Å². The molecule has 2 amide bonds. The highest BCUT2D eigenvalue weighted by Crippen LogP contribution is 2.21. The van der Waals surface area contributed by atoms with E-state index in [-0.39, 0.29) is 24.0 Å². The second kappa shape index (κ2) is 5.74. The van der Waals surface area contributed by atoms with Gasteiger partial charge < -0.3 is 14.2 Å². The van der Waals surface area contributed by atoms with Gasteiger partial charge in [-0.1, -0.05) is 12.1 Å². The molecule has 0 spiro atoms. The number of amides is 2. The van der Waals surface area contributed by atoms with E-state index in [9.17, 15) is 9.59 Å². The van der Waals surface area contributed by atoms with Crippen LogP contribution in [-0.4, -0.2) is 17.0 Å². The van der Waals surface area contributed by atoms with Crippen LogP contribution in [0.3, 0.4) is 0 Å². The summed E-state index contributed by atoms with van der Waals surface area (Å²) in [6.45, 7) is 0.289. The lowest BCUT2D eigenvalue weighted by Crippen LogP contribution is -2.22. The first-order chi connectivity index (χ1) is 10.7. The summed E-state index contributed by atoms with van der Waals surface area (Å²) in [5.74, 6) is -0.788. The molecule has 0 unspecified atom stereocenters. The van der Waals surface area contributed by atoms with E-state index in [4.69, 9.17) is 14.0 Å². The largest absolute Gasteiger partial charge is 0.459 e. The zero-order chi connectivity index (χ0) is 15.5. The van der Waals surface area contributed by atoms with Crippen LogP contribution < -0.4 is 10.8 Å². The van der Waals surface area contributed by atoms with Crippen LogP contribution in [-0.2, 0) is 6.54 Å². The fraction of sp³-hybridized carbons (Fsp3) is 0.0667. The van der Waals surface area contributed by atoms with Crippen molar-refractivity contribution in [2.75, 3.05) is 0 Å². The van der Waals surface area contributed by atoms with Crippen LogP contribution in [0.4, 0.5) is 0 Å². The quantitative estimate of drug-likeness (QED) is 0.505. The molecule has 1 aromatic carbocycles. The maximum atomic E-state index is 11.8. The van der Waals surface area contributed by atoms with Gasteiger partial charge in [-0.25, -0.2) is 5.48 Å². The van der Waals surface area contributed by atoms with Crippen LogP contribution in [0.2, 0.25) is 0 Å². The highest BCUT2D eigenvalue weighted by molar-refractivity contribution is 5.95. The minimum absolute atomic E-state index is 0.00858. The number of rotatable bonds is 4. The predicted molar refractivity (Wildman–Crippen MR) is 75.3 cm³/mol. The maximum absolute atomic E-state index is 11.8. The van der Waals surface area contributed by atoms with Crippen molar-refractivity contribution >= 4 is 22.8 Å². The summed E-state index contributed by atoms with van der Waals surface area (Å²) in [5.41, 5.74) is 2.81. The molecule has 0 saturated heterocycles. The van der Waals surface area contributed by atoms with Crippen LogP contribution in [0.25, 0.3) is 11.0 Å². The Bertz CT molecular complexity index is 820. The fourth-order valence-corrected chi connectivity index (χ4v) is 2.03. The van der Waals surface area contributed by atoms with Crippen molar-refractivity contribution in [2.24, 2.45) is 0 Å². The van der Waals surface area contributed by atoms with Crippen molar-refractivity contribution in [2.45, 2.75) is 6.54 Å². The third-order valence-corrected chi connectivity index (χ3v) is 3.11. The Balaban J connectivity index is 1.74. The Labute approximate surface area is 124 Å². The summed E-state index contributed by atoms with van der Waals surface area (Å²) in [6.07, 6.45) is 1.43. The molecule has 3 N–H and O–H groups in total. The molecule has 7 nitrogen and oxygen atoms in total. The number of hydrogen-bond donors (Lipinski definition) is 3. The first-order valence-electron chi connectivity index (χ1n) is 6.46.